The first kappa shape index (κ1) is 20.5. The number of hydrogen-bond donors (Lipinski definition) is 2. The third-order valence-corrected chi connectivity index (χ3v) is 5.39. The summed E-state index contributed by atoms with van der Waals surface area (Å²) in [6.45, 7) is 5.20. The van der Waals surface area contributed by atoms with E-state index in [-0.39, 0.29) is 22.4 Å². The number of aromatic hydroxyl groups is 1. The van der Waals surface area contributed by atoms with Crippen LogP contribution in [0.1, 0.15) is 47.8 Å². The van der Waals surface area contributed by atoms with Crippen molar-refractivity contribution in [3.8, 4) is 5.75 Å². The Balaban J connectivity index is 2.37. The van der Waals surface area contributed by atoms with E-state index >= 15 is 0 Å². The molecule has 2 aromatic carbocycles. The van der Waals surface area contributed by atoms with Crippen molar-refractivity contribution >= 4 is 22.8 Å². The van der Waals surface area contributed by atoms with E-state index in [1.165, 1.54) is 22.8 Å². The number of phenolic OH excluding ortho intramolecular Hbond substituents is 1. The molecule has 2 N–H and O–H groups in total. The third kappa shape index (κ3) is 3.48. The largest absolute Gasteiger partial charge is 0.505 e. The Morgan fingerprint density at radius 1 is 1.17 bits per heavy atom. The van der Waals surface area contributed by atoms with Gasteiger partial charge in [-0.05, 0) is 42.7 Å². The highest BCUT2D eigenvalue weighted by atomic mass is 19.1. The number of rotatable bonds is 5. The highest BCUT2D eigenvalue weighted by Gasteiger charge is 2.33. The van der Waals surface area contributed by atoms with Crippen LogP contribution in [0.4, 0.5) is 8.78 Å². The number of carbonyl (C=O) groups excluding carboxylic acids is 1. The maximum atomic E-state index is 14.1. The maximum absolute atomic E-state index is 14.1. The molecule has 1 unspecified atom stereocenters. The van der Waals surface area contributed by atoms with Gasteiger partial charge in [0.1, 0.15) is 5.82 Å². The van der Waals surface area contributed by atoms with Crippen LogP contribution in [0.3, 0.4) is 0 Å². The molecule has 0 spiro atoms. The van der Waals surface area contributed by atoms with Crippen LogP contribution in [0.15, 0.2) is 36.4 Å². The molecule has 2 atom stereocenters. The molecule has 0 radical (unpaired) electrons. The lowest BCUT2D eigenvalue weighted by molar-refractivity contribution is -0.140. The predicted octanol–water partition coefficient (Wildman–Crippen LogP) is 4.84. The first-order valence-electron chi connectivity index (χ1n) is 9.23. The summed E-state index contributed by atoms with van der Waals surface area (Å²) in [6, 6.07) is 7.21. The predicted molar refractivity (Wildman–Crippen MR) is 104 cm³/mol. The molecule has 0 amide bonds. The normalized spacial score (nSPS) is 13.4. The molecule has 1 heterocycles. The highest BCUT2D eigenvalue weighted by molar-refractivity contribution is 6.05. The van der Waals surface area contributed by atoms with Crippen LogP contribution in [-0.2, 0) is 4.79 Å². The Labute approximate surface area is 166 Å². The highest BCUT2D eigenvalue weighted by Crippen LogP contribution is 2.39. The Morgan fingerprint density at radius 2 is 1.86 bits per heavy atom. The summed E-state index contributed by atoms with van der Waals surface area (Å²) in [5, 5.41) is 20.0. The van der Waals surface area contributed by atoms with Crippen LogP contribution in [-0.4, -0.2) is 26.7 Å². The summed E-state index contributed by atoms with van der Waals surface area (Å²) in [5.74, 6) is -5.11. The summed E-state index contributed by atoms with van der Waals surface area (Å²) in [4.78, 5) is 25.2. The molecule has 0 saturated heterocycles. The number of aromatic nitrogens is 1. The Bertz CT molecular complexity index is 1120. The number of fused-ring (bicyclic) bond motifs is 1. The zero-order valence-corrected chi connectivity index (χ0v) is 16.2. The lowest BCUT2D eigenvalue weighted by Gasteiger charge is -2.20. The van der Waals surface area contributed by atoms with E-state index in [1.807, 2.05) is 6.92 Å². The van der Waals surface area contributed by atoms with E-state index in [0.717, 1.165) is 18.2 Å². The average Bonchev–Trinajstić information content (AvgIpc) is 2.93. The average molecular weight is 401 g/mol. The fourth-order valence-electron chi connectivity index (χ4n) is 3.74. The van der Waals surface area contributed by atoms with Gasteiger partial charge in [-0.25, -0.2) is 8.78 Å². The molecule has 0 aliphatic rings. The van der Waals surface area contributed by atoms with Crippen molar-refractivity contribution in [2.24, 2.45) is 5.92 Å². The molecule has 5 nitrogen and oxygen atoms in total. The number of nitrogens with zero attached hydrogens (tertiary/aromatic N) is 1. The van der Waals surface area contributed by atoms with Crippen molar-refractivity contribution < 1.29 is 28.6 Å². The van der Waals surface area contributed by atoms with Crippen molar-refractivity contribution in [1.29, 1.82) is 0 Å². The van der Waals surface area contributed by atoms with Gasteiger partial charge in [-0.2, -0.15) is 0 Å². The van der Waals surface area contributed by atoms with E-state index in [1.54, 1.807) is 13.8 Å². The third-order valence-electron chi connectivity index (χ3n) is 5.39. The van der Waals surface area contributed by atoms with Crippen molar-refractivity contribution in [2.75, 3.05) is 0 Å². The number of phenols is 1. The summed E-state index contributed by atoms with van der Waals surface area (Å²) < 4.78 is 28.9. The SMILES string of the molecule is CCC(C)[C@H](C(=O)O)c1c(C)n(C(=O)c2cccc(F)c2)c2cc(F)c(O)cc12. The quantitative estimate of drug-likeness (QED) is 0.641. The summed E-state index contributed by atoms with van der Waals surface area (Å²) >= 11 is 0. The van der Waals surface area contributed by atoms with Gasteiger partial charge in [0, 0.05) is 22.7 Å². The second kappa shape index (κ2) is 7.66. The number of aliphatic carboxylic acids is 1. The fraction of sp³-hybridized carbons (Fsp3) is 0.273. The summed E-state index contributed by atoms with van der Waals surface area (Å²) in [7, 11) is 0. The van der Waals surface area contributed by atoms with Crippen LogP contribution in [0, 0.1) is 24.5 Å². The second-order valence-electron chi connectivity index (χ2n) is 7.17. The number of carboxylic acid groups (broad SMARTS) is 1. The van der Waals surface area contributed by atoms with Gasteiger partial charge in [0.15, 0.2) is 11.6 Å². The van der Waals surface area contributed by atoms with Crippen molar-refractivity contribution in [3.05, 3.63) is 64.9 Å². The number of carbonyl (C=O) groups is 2. The molecule has 0 fully saturated rings. The molecule has 0 aliphatic heterocycles. The lowest BCUT2D eigenvalue weighted by atomic mass is 9.84. The minimum Gasteiger partial charge on any atom is -0.505 e. The number of carboxylic acids is 1. The smallest absolute Gasteiger partial charge is 0.311 e. The van der Waals surface area contributed by atoms with Gasteiger partial charge in [-0.3, -0.25) is 14.2 Å². The van der Waals surface area contributed by atoms with Crippen molar-refractivity contribution in [2.45, 2.75) is 33.1 Å². The van der Waals surface area contributed by atoms with Gasteiger partial charge in [0.25, 0.3) is 5.91 Å². The van der Waals surface area contributed by atoms with Crippen LogP contribution in [0.25, 0.3) is 10.9 Å². The van der Waals surface area contributed by atoms with Gasteiger partial charge in [0.2, 0.25) is 0 Å². The zero-order valence-electron chi connectivity index (χ0n) is 16.2. The van der Waals surface area contributed by atoms with Crippen molar-refractivity contribution in [1.82, 2.24) is 4.57 Å². The number of benzene rings is 2. The topological polar surface area (TPSA) is 79.5 Å². The standard InChI is InChI=1S/C22H21F2NO4/c1-4-11(2)19(22(28)29)20-12(3)25(17-10-16(24)18(26)9-15(17)20)21(27)13-6-5-7-14(23)8-13/h5-11,19,26H,4H2,1-3H3,(H,28,29)/t11?,19-/m0/s1. The molecule has 0 aliphatic carbocycles. The Morgan fingerprint density at radius 3 is 2.45 bits per heavy atom. The lowest BCUT2D eigenvalue weighted by Crippen LogP contribution is -2.21. The molecule has 152 valence electrons. The van der Waals surface area contributed by atoms with Crippen LogP contribution in [0.5, 0.6) is 5.75 Å². The van der Waals surface area contributed by atoms with Gasteiger partial charge >= 0.3 is 5.97 Å². The molecule has 1 aromatic heterocycles. The van der Waals surface area contributed by atoms with E-state index in [4.69, 9.17) is 0 Å². The minimum atomic E-state index is -1.08. The first-order chi connectivity index (χ1) is 13.7. The molecule has 3 rings (SSSR count). The molecule has 0 saturated carbocycles. The van der Waals surface area contributed by atoms with Crippen LogP contribution >= 0.6 is 0 Å². The zero-order chi connectivity index (χ0) is 21.5. The van der Waals surface area contributed by atoms with E-state index < -0.39 is 35.2 Å². The monoisotopic (exact) mass is 401 g/mol. The van der Waals surface area contributed by atoms with Gasteiger partial charge in [0.05, 0.1) is 11.4 Å². The molecular formula is C22H21F2NO4. The second-order valence-corrected chi connectivity index (χ2v) is 7.17. The molecule has 3 aromatic rings. The fourth-order valence-corrected chi connectivity index (χ4v) is 3.74. The van der Waals surface area contributed by atoms with Crippen molar-refractivity contribution in [3.63, 3.8) is 0 Å². The van der Waals surface area contributed by atoms with Crippen LogP contribution in [0.2, 0.25) is 0 Å². The van der Waals surface area contributed by atoms with Gasteiger partial charge in [-0.15, -0.1) is 0 Å². The van der Waals surface area contributed by atoms with Gasteiger partial charge < -0.3 is 10.2 Å². The molecule has 0 bridgehead atoms. The minimum absolute atomic E-state index is 0.0421. The van der Waals surface area contributed by atoms with Crippen LogP contribution < -0.4 is 0 Å². The Hall–Kier alpha value is -3.22. The first-order valence-corrected chi connectivity index (χ1v) is 9.23. The summed E-state index contributed by atoms with van der Waals surface area (Å²) in [5.41, 5.74) is 0.811. The molecule has 29 heavy (non-hydrogen) atoms. The number of halogens is 2. The molecular weight excluding hydrogens is 380 g/mol. The molecule has 7 heteroatoms. The van der Waals surface area contributed by atoms with E-state index in [9.17, 15) is 28.6 Å². The van der Waals surface area contributed by atoms with Gasteiger partial charge in [-0.1, -0.05) is 26.3 Å². The Kier molecular flexibility index (Phi) is 5.42. The van der Waals surface area contributed by atoms with E-state index in [2.05, 4.69) is 0 Å². The van der Waals surface area contributed by atoms with E-state index in [0.29, 0.717) is 17.7 Å². The maximum Gasteiger partial charge on any atom is 0.311 e. The number of hydrogen-bond acceptors (Lipinski definition) is 3. The summed E-state index contributed by atoms with van der Waals surface area (Å²) in [6.07, 6.45) is 0.564.